The van der Waals surface area contributed by atoms with Crippen LogP contribution in [0.4, 0.5) is 5.69 Å². The first-order valence-electron chi connectivity index (χ1n) is 6.45. The Bertz CT molecular complexity index is 655. The first-order valence-corrected chi connectivity index (χ1v) is 8.62. The number of rotatable bonds is 2. The van der Waals surface area contributed by atoms with Gasteiger partial charge in [-0.15, -0.1) is 11.3 Å². The Morgan fingerprint density at radius 1 is 1.30 bits per heavy atom. The molecule has 0 bridgehead atoms. The van der Waals surface area contributed by atoms with Crippen molar-refractivity contribution in [3.63, 3.8) is 0 Å². The zero-order valence-electron chi connectivity index (χ0n) is 10.7. The lowest BCUT2D eigenvalue weighted by molar-refractivity contribution is -0.116. The van der Waals surface area contributed by atoms with Crippen LogP contribution in [0.2, 0.25) is 5.02 Å². The molecular formula is C15H13BrClNOS. The zero-order chi connectivity index (χ0) is 14.1. The molecule has 0 aliphatic carbocycles. The largest absolute Gasteiger partial charge is 0.326 e. The number of amides is 1. The summed E-state index contributed by atoms with van der Waals surface area (Å²) in [5, 5.41) is 5.74. The molecule has 1 amide bonds. The Balaban J connectivity index is 1.94. The Hall–Kier alpha value is -0.840. The molecule has 2 heterocycles. The number of alkyl halides is 1. The van der Waals surface area contributed by atoms with Crippen molar-refractivity contribution in [3.8, 4) is 0 Å². The summed E-state index contributed by atoms with van der Waals surface area (Å²) in [6.45, 7) is 0. The van der Waals surface area contributed by atoms with Gasteiger partial charge in [-0.2, -0.15) is 0 Å². The van der Waals surface area contributed by atoms with Gasteiger partial charge in [0.25, 0.3) is 0 Å². The van der Waals surface area contributed by atoms with Gasteiger partial charge in [-0.05, 0) is 41.5 Å². The predicted molar refractivity (Wildman–Crippen MR) is 88.1 cm³/mol. The van der Waals surface area contributed by atoms with Crippen molar-refractivity contribution >= 4 is 50.5 Å². The predicted octanol–water partition coefficient (Wildman–Crippen LogP) is 5.16. The Kier molecular flexibility index (Phi) is 4.15. The first kappa shape index (κ1) is 14.1. The van der Waals surface area contributed by atoms with Crippen LogP contribution in [0.3, 0.4) is 0 Å². The lowest BCUT2D eigenvalue weighted by Crippen LogP contribution is -2.09. The van der Waals surface area contributed by atoms with E-state index < -0.39 is 0 Å². The van der Waals surface area contributed by atoms with Crippen molar-refractivity contribution in [1.82, 2.24) is 0 Å². The second kappa shape index (κ2) is 5.88. The number of aryl methyl sites for hydroxylation is 1. The molecule has 0 radical (unpaired) electrons. The van der Waals surface area contributed by atoms with Crippen LogP contribution in [-0.4, -0.2) is 5.91 Å². The normalized spacial score (nSPS) is 16.2. The van der Waals surface area contributed by atoms with Gasteiger partial charge in [0.05, 0.1) is 9.85 Å². The molecule has 2 nitrogen and oxygen atoms in total. The summed E-state index contributed by atoms with van der Waals surface area (Å²) >= 11 is 11.6. The lowest BCUT2D eigenvalue weighted by Gasteiger charge is -2.13. The number of anilines is 1. The highest BCUT2D eigenvalue weighted by atomic mass is 79.9. The summed E-state index contributed by atoms with van der Waals surface area (Å²) in [5.41, 5.74) is 3.31. The highest BCUT2D eigenvalue weighted by Gasteiger charge is 2.18. The van der Waals surface area contributed by atoms with E-state index in [1.165, 1.54) is 11.1 Å². The molecule has 0 spiro atoms. The van der Waals surface area contributed by atoms with Gasteiger partial charge in [-0.25, -0.2) is 0 Å². The molecular weight excluding hydrogens is 358 g/mol. The molecule has 5 heteroatoms. The monoisotopic (exact) mass is 369 g/mol. The smallest absolute Gasteiger partial charge is 0.224 e. The Morgan fingerprint density at radius 2 is 2.15 bits per heavy atom. The molecule has 1 unspecified atom stereocenters. The van der Waals surface area contributed by atoms with Crippen molar-refractivity contribution < 1.29 is 4.79 Å². The Labute approximate surface area is 135 Å². The van der Waals surface area contributed by atoms with E-state index in [-0.39, 0.29) is 10.7 Å². The molecule has 1 aliphatic heterocycles. The highest BCUT2D eigenvalue weighted by molar-refractivity contribution is 9.09. The zero-order valence-corrected chi connectivity index (χ0v) is 13.8. The number of carbonyl (C=O) groups excluding carboxylic acids is 1. The quantitative estimate of drug-likeness (QED) is 0.727. The number of hydrogen-bond donors (Lipinski definition) is 1. The summed E-state index contributed by atoms with van der Waals surface area (Å²) in [6.07, 6.45) is 2.42. The molecule has 0 fully saturated rings. The molecule has 1 aromatic carbocycles. The highest BCUT2D eigenvalue weighted by Crippen LogP contribution is 2.40. The summed E-state index contributed by atoms with van der Waals surface area (Å²) in [6, 6.07) is 8.11. The van der Waals surface area contributed by atoms with Crippen LogP contribution in [0.1, 0.15) is 33.7 Å². The topological polar surface area (TPSA) is 29.1 Å². The van der Waals surface area contributed by atoms with E-state index in [1.54, 1.807) is 11.3 Å². The number of halogens is 2. The lowest BCUT2D eigenvalue weighted by atomic mass is 10.0. The van der Waals surface area contributed by atoms with Crippen LogP contribution in [0.25, 0.3) is 0 Å². The fourth-order valence-electron chi connectivity index (χ4n) is 2.39. The number of thiophene rings is 1. The number of hydrogen-bond acceptors (Lipinski definition) is 2. The molecule has 1 atom stereocenters. The summed E-state index contributed by atoms with van der Waals surface area (Å²) < 4.78 is 0. The third-order valence-electron chi connectivity index (χ3n) is 3.42. The van der Waals surface area contributed by atoms with Crippen molar-refractivity contribution in [1.29, 1.82) is 0 Å². The van der Waals surface area contributed by atoms with Crippen LogP contribution in [-0.2, 0) is 11.2 Å². The van der Waals surface area contributed by atoms with E-state index in [0.29, 0.717) is 6.42 Å². The van der Waals surface area contributed by atoms with E-state index in [4.69, 9.17) is 11.6 Å². The average molecular weight is 371 g/mol. The van der Waals surface area contributed by atoms with E-state index in [1.807, 2.05) is 23.6 Å². The minimum absolute atomic E-state index is 0.0965. The minimum atomic E-state index is 0.0965. The average Bonchev–Trinajstić information content (AvgIpc) is 2.76. The van der Waals surface area contributed by atoms with Gasteiger partial charge >= 0.3 is 0 Å². The first-order chi connectivity index (χ1) is 9.65. The summed E-state index contributed by atoms with van der Waals surface area (Å²) in [7, 11) is 0. The van der Waals surface area contributed by atoms with Crippen LogP contribution in [0.5, 0.6) is 0 Å². The molecule has 104 valence electrons. The van der Waals surface area contributed by atoms with Crippen molar-refractivity contribution in [3.05, 3.63) is 50.7 Å². The number of carbonyl (C=O) groups is 1. The van der Waals surface area contributed by atoms with Crippen molar-refractivity contribution in [2.75, 3.05) is 5.32 Å². The second-order valence-electron chi connectivity index (χ2n) is 4.81. The number of nitrogens with one attached hydrogen (secondary N) is 1. The molecule has 20 heavy (non-hydrogen) atoms. The molecule has 0 saturated heterocycles. The fourth-order valence-corrected chi connectivity index (χ4v) is 4.54. The summed E-state index contributed by atoms with van der Waals surface area (Å²) in [4.78, 5) is 12.8. The van der Waals surface area contributed by atoms with Gasteiger partial charge in [0, 0.05) is 17.0 Å². The molecule has 1 aromatic heterocycles. The van der Waals surface area contributed by atoms with Crippen LogP contribution in [0, 0.1) is 0 Å². The van der Waals surface area contributed by atoms with Crippen molar-refractivity contribution in [2.45, 2.75) is 24.1 Å². The number of benzene rings is 1. The minimum Gasteiger partial charge on any atom is -0.326 e. The third-order valence-corrected chi connectivity index (χ3v) is 6.13. The van der Waals surface area contributed by atoms with E-state index in [0.717, 1.165) is 28.4 Å². The van der Waals surface area contributed by atoms with Gasteiger partial charge in [0.2, 0.25) is 5.91 Å². The third kappa shape index (κ3) is 2.78. The van der Waals surface area contributed by atoms with Crippen LogP contribution in [0.15, 0.2) is 29.6 Å². The maximum atomic E-state index is 11.6. The maximum Gasteiger partial charge on any atom is 0.224 e. The second-order valence-corrected chi connectivity index (χ2v) is 7.08. The maximum absolute atomic E-state index is 11.6. The molecule has 0 saturated carbocycles. The van der Waals surface area contributed by atoms with E-state index in [9.17, 15) is 4.79 Å². The molecule has 1 aliphatic rings. The Morgan fingerprint density at radius 3 is 2.90 bits per heavy atom. The molecule has 3 rings (SSSR count). The fraction of sp³-hybridized carbons (Fsp3) is 0.267. The SMILES string of the molecule is O=C1CCCc2cc(C(Br)c3sccc3Cl)ccc2N1. The van der Waals surface area contributed by atoms with E-state index >= 15 is 0 Å². The van der Waals surface area contributed by atoms with Gasteiger partial charge < -0.3 is 5.32 Å². The van der Waals surface area contributed by atoms with Gasteiger partial charge in [-0.1, -0.05) is 39.7 Å². The van der Waals surface area contributed by atoms with E-state index in [2.05, 4.69) is 27.3 Å². The van der Waals surface area contributed by atoms with Crippen molar-refractivity contribution in [2.24, 2.45) is 0 Å². The van der Waals surface area contributed by atoms with Gasteiger partial charge in [0.1, 0.15) is 0 Å². The summed E-state index contributed by atoms with van der Waals surface area (Å²) in [5.74, 6) is 0.105. The van der Waals surface area contributed by atoms with Crippen LogP contribution < -0.4 is 5.32 Å². The standard InChI is InChI=1S/C15H13BrClNOS/c16-14(15-11(17)6-7-20-15)10-4-5-12-9(8-10)2-1-3-13(19)18-12/h4-8,14H,1-3H2,(H,18,19). The van der Waals surface area contributed by atoms with Gasteiger partial charge in [-0.3, -0.25) is 4.79 Å². The van der Waals surface area contributed by atoms with Crippen LogP contribution >= 0.6 is 38.9 Å². The molecule has 1 N–H and O–H groups in total. The van der Waals surface area contributed by atoms with Gasteiger partial charge in [0.15, 0.2) is 0 Å². The number of fused-ring (bicyclic) bond motifs is 1. The molecule has 2 aromatic rings.